The molecule has 2 heterocycles. The van der Waals surface area contributed by atoms with Gasteiger partial charge in [-0.15, -0.1) is 71.8 Å². The van der Waals surface area contributed by atoms with Crippen LogP contribution in [-0.4, -0.2) is 19.1 Å². The number of hydrogen-bond acceptors (Lipinski definition) is 2. The van der Waals surface area contributed by atoms with Crippen LogP contribution in [0.15, 0.2) is 134 Å². The van der Waals surface area contributed by atoms with E-state index >= 15 is 0 Å². The minimum absolute atomic E-state index is 0. The predicted octanol–water partition coefficient (Wildman–Crippen LogP) is 13.2. The summed E-state index contributed by atoms with van der Waals surface area (Å²) in [6.45, 7) is 22.7. The molecule has 0 spiro atoms. The molecular weight excluding hydrogens is 849 g/mol. The van der Waals surface area contributed by atoms with Gasteiger partial charge in [-0.3, -0.25) is 9.97 Å². The summed E-state index contributed by atoms with van der Waals surface area (Å²) in [5.74, 6) is 2.65. The van der Waals surface area contributed by atoms with E-state index in [2.05, 4.69) is 186 Å². The molecule has 0 fully saturated rings. The van der Waals surface area contributed by atoms with Crippen LogP contribution in [0.25, 0.3) is 45.3 Å². The molecule has 0 unspecified atom stereocenters. The maximum absolute atomic E-state index is 4.68. The number of para-hydroxylation sites is 1. The van der Waals surface area contributed by atoms with Crippen molar-refractivity contribution in [1.82, 2.24) is 19.1 Å². The van der Waals surface area contributed by atoms with Gasteiger partial charge in [0.05, 0.1) is 11.6 Å². The van der Waals surface area contributed by atoms with Crippen molar-refractivity contribution in [3.05, 3.63) is 168 Å². The van der Waals surface area contributed by atoms with Gasteiger partial charge < -0.3 is 9.13 Å². The second-order valence-corrected chi connectivity index (χ2v) is 16.7. The van der Waals surface area contributed by atoms with Gasteiger partial charge in [-0.25, -0.2) is 0 Å². The summed E-state index contributed by atoms with van der Waals surface area (Å²) in [6.07, 6.45) is 7.90. The van der Waals surface area contributed by atoms with Gasteiger partial charge in [0.25, 0.3) is 0 Å². The van der Waals surface area contributed by atoms with Gasteiger partial charge >= 0.3 is 0 Å². The first-order valence-electron chi connectivity index (χ1n) is 19.1. The van der Waals surface area contributed by atoms with Crippen LogP contribution in [0.1, 0.15) is 103 Å². The summed E-state index contributed by atoms with van der Waals surface area (Å²) < 4.78 is 4.47. The maximum atomic E-state index is 4.68. The van der Waals surface area contributed by atoms with Crippen molar-refractivity contribution < 1.29 is 20.1 Å². The molecule has 285 valence electrons. The van der Waals surface area contributed by atoms with Crippen molar-refractivity contribution in [1.29, 1.82) is 0 Å². The van der Waals surface area contributed by atoms with Crippen LogP contribution in [-0.2, 0) is 30.9 Å². The quantitative estimate of drug-likeness (QED) is 0.149. The van der Waals surface area contributed by atoms with Crippen LogP contribution in [0.5, 0.6) is 0 Å². The zero-order valence-corrected chi connectivity index (χ0v) is 36.4. The molecular formula is C50H54IrN4-2. The van der Waals surface area contributed by atoms with E-state index in [1.807, 2.05) is 48.8 Å². The Hall–Kier alpha value is -4.83. The molecule has 55 heavy (non-hydrogen) atoms. The molecule has 0 saturated heterocycles. The standard InChI is InChI=1S/C27H27N2.C23H27N2.Ir/c1-19(2)24-17-23(21-11-7-5-8-12-21)18-25(20(3)4)26(24)29-16-15-28-27(29)22-13-9-6-10-14-22;1-22(2,3)18-13-10-14-19(23(4,5)6)20(18)25-16-15-24-21(25)17-11-8-7-9-12-17;/h5-13,15-20H,1-4H3;7-11,13-16H,1-6H3;/q2*-1;. The second-order valence-electron chi connectivity index (χ2n) is 16.7. The Kier molecular flexibility index (Phi) is 13.0. The number of aromatic nitrogens is 4. The van der Waals surface area contributed by atoms with Gasteiger partial charge in [0.2, 0.25) is 0 Å². The summed E-state index contributed by atoms with van der Waals surface area (Å²) >= 11 is 0. The third-order valence-corrected chi connectivity index (χ3v) is 9.84. The van der Waals surface area contributed by atoms with Crippen molar-refractivity contribution in [2.24, 2.45) is 0 Å². The molecule has 7 aromatic rings. The fourth-order valence-corrected chi connectivity index (χ4v) is 7.08. The van der Waals surface area contributed by atoms with E-state index in [0.29, 0.717) is 11.8 Å². The van der Waals surface area contributed by atoms with Gasteiger partial charge in [0.15, 0.2) is 0 Å². The monoisotopic (exact) mass is 903 g/mol. The Morgan fingerprint density at radius 1 is 0.509 bits per heavy atom. The third kappa shape index (κ3) is 9.18. The van der Waals surface area contributed by atoms with E-state index in [1.165, 1.54) is 44.8 Å². The topological polar surface area (TPSA) is 35.6 Å². The minimum atomic E-state index is 0. The van der Waals surface area contributed by atoms with Gasteiger partial charge in [0.1, 0.15) is 0 Å². The molecule has 5 aromatic carbocycles. The molecule has 0 bridgehead atoms. The van der Waals surface area contributed by atoms with E-state index in [1.54, 1.807) is 0 Å². The predicted molar refractivity (Wildman–Crippen MR) is 227 cm³/mol. The second kappa shape index (κ2) is 17.3. The van der Waals surface area contributed by atoms with Crippen molar-refractivity contribution >= 4 is 0 Å². The summed E-state index contributed by atoms with van der Waals surface area (Å²) in [5, 5.41) is 0. The van der Waals surface area contributed by atoms with Gasteiger partial charge in [0, 0.05) is 56.3 Å². The fourth-order valence-electron chi connectivity index (χ4n) is 7.08. The van der Waals surface area contributed by atoms with Crippen molar-refractivity contribution in [3.8, 4) is 45.3 Å². The Morgan fingerprint density at radius 3 is 1.35 bits per heavy atom. The van der Waals surface area contributed by atoms with Crippen LogP contribution in [0.4, 0.5) is 0 Å². The number of rotatable bonds is 7. The molecule has 7 rings (SSSR count). The first-order valence-corrected chi connectivity index (χ1v) is 19.1. The minimum Gasteiger partial charge on any atom is -0.340 e. The molecule has 2 aromatic heterocycles. The average Bonchev–Trinajstić information content (AvgIpc) is 3.85. The maximum Gasteiger partial charge on any atom is 0.0602 e. The molecule has 0 N–H and O–H groups in total. The number of nitrogens with zero attached hydrogens (tertiary/aromatic N) is 4. The molecule has 0 aliphatic rings. The Bertz CT molecular complexity index is 2220. The molecule has 4 nitrogen and oxygen atoms in total. The third-order valence-electron chi connectivity index (χ3n) is 9.84. The smallest absolute Gasteiger partial charge is 0.0602 e. The number of benzene rings is 5. The molecule has 0 saturated carbocycles. The van der Waals surface area contributed by atoms with Gasteiger partial charge in [-0.2, -0.15) is 0 Å². The fraction of sp³-hybridized carbons (Fsp3) is 0.280. The van der Waals surface area contributed by atoms with E-state index in [4.69, 9.17) is 0 Å². The molecule has 5 heteroatoms. The summed E-state index contributed by atoms with van der Waals surface area (Å²) in [4.78, 5) is 9.32. The van der Waals surface area contributed by atoms with Crippen LogP contribution < -0.4 is 0 Å². The largest absolute Gasteiger partial charge is 0.340 e. The molecule has 0 aliphatic heterocycles. The Labute approximate surface area is 343 Å². The molecule has 0 atom stereocenters. The van der Waals surface area contributed by atoms with E-state index in [9.17, 15) is 0 Å². The normalized spacial score (nSPS) is 11.6. The van der Waals surface area contributed by atoms with Crippen molar-refractivity contribution in [3.63, 3.8) is 0 Å². The Balaban J connectivity index is 0.000000210. The Morgan fingerprint density at radius 2 is 0.945 bits per heavy atom. The zero-order chi connectivity index (χ0) is 38.6. The number of hydrogen-bond donors (Lipinski definition) is 0. The van der Waals surface area contributed by atoms with Crippen LogP contribution in [0.3, 0.4) is 0 Å². The first kappa shape index (κ1) is 41.3. The SMILES string of the molecule is CC(C)(C)c1cccc(C(C)(C)C)c1-n1ccnc1-c1[c-]cccc1.CC(C)c1cc(-c2ccccc2)cc(C(C)C)c1-n1ccnc1-c1[c-]cccc1.[Ir]. The summed E-state index contributed by atoms with van der Waals surface area (Å²) in [7, 11) is 0. The van der Waals surface area contributed by atoms with E-state index in [-0.39, 0.29) is 30.9 Å². The van der Waals surface area contributed by atoms with Gasteiger partial charge in [-0.1, -0.05) is 118 Å². The van der Waals surface area contributed by atoms with Crippen LogP contribution in [0, 0.1) is 12.1 Å². The summed E-state index contributed by atoms with van der Waals surface area (Å²) in [6, 6.07) is 44.7. The van der Waals surface area contributed by atoms with Crippen molar-refractivity contribution in [2.45, 2.75) is 91.9 Å². The summed E-state index contributed by atoms with van der Waals surface area (Å²) in [5.41, 5.74) is 12.5. The average molecular weight is 903 g/mol. The number of imidazole rings is 2. The zero-order valence-electron chi connectivity index (χ0n) is 34.0. The molecule has 1 radical (unpaired) electrons. The molecule has 0 aliphatic carbocycles. The molecule has 0 amide bonds. The van der Waals surface area contributed by atoms with Crippen LogP contribution in [0.2, 0.25) is 0 Å². The van der Waals surface area contributed by atoms with E-state index in [0.717, 1.165) is 22.8 Å². The van der Waals surface area contributed by atoms with Crippen molar-refractivity contribution in [2.75, 3.05) is 0 Å². The van der Waals surface area contributed by atoms with E-state index < -0.39 is 0 Å². The van der Waals surface area contributed by atoms with Gasteiger partial charge in [-0.05, 0) is 68.2 Å². The van der Waals surface area contributed by atoms with Crippen LogP contribution >= 0.6 is 0 Å². The first-order chi connectivity index (χ1) is 25.8.